The summed E-state index contributed by atoms with van der Waals surface area (Å²) in [4.78, 5) is 17.8. The molecule has 0 spiro atoms. The van der Waals surface area contributed by atoms with Crippen molar-refractivity contribution >= 4 is 5.91 Å². The molecule has 2 rings (SSSR count). The highest BCUT2D eigenvalue weighted by molar-refractivity contribution is 5.78. The Balaban J connectivity index is 1.91. The fourth-order valence-electron chi connectivity index (χ4n) is 2.18. The number of amides is 1. The summed E-state index contributed by atoms with van der Waals surface area (Å²) < 4.78 is 4.87. The van der Waals surface area contributed by atoms with Crippen LogP contribution in [0.25, 0.3) is 0 Å². The lowest BCUT2D eigenvalue weighted by molar-refractivity contribution is -0.134. The van der Waals surface area contributed by atoms with Crippen molar-refractivity contribution in [2.24, 2.45) is 5.92 Å². The van der Waals surface area contributed by atoms with E-state index in [4.69, 9.17) is 4.52 Å². The second-order valence-electron chi connectivity index (χ2n) is 4.41. The average molecular weight is 223 g/mol. The molecule has 0 bridgehead atoms. The lowest BCUT2D eigenvalue weighted by Crippen LogP contribution is -2.31. The van der Waals surface area contributed by atoms with Crippen molar-refractivity contribution in [3.63, 3.8) is 0 Å². The summed E-state index contributed by atoms with van der Waals surface area (Å²) >= 11 is 0. The van der Waals surface area contributed by atoms with Gasteiger partial charge >= 0.3 is 0 Å². The zero-order valence-corrected chi connectivity index (χ0v) is 9.77. The average Bonchev–Trinajstić information content (AvgIpc) is 2.88. The Kier molecular flexibility index (Phi) is 3.22. The topological polar surface area (TPSA) is 59.2 Å². The van der Waals surface area contributed by atoms with Gasteiger partial charge in [0.2, 0.25) is 11.8 Å². The van der Waals surface area contributed by atoms with E-state index in [1.165, 1.54) is 12.8 Å². The number of aryl methyl sites for hydroxylation is 1. The zero-order valence-electron chi connectivity index (χ0n) is 9.77. The van der Waals surface area contributed by atoms with Crippen molar-refractivity contribution in [2.45, 2.75) is 39.2 Å². The largest absolute Gasteiger partial charge is 0.340 e. The summed E-state index contributed by atoms with van der Waals surface area (Å²) in [7, 11) is 1.80. The van der Waals surface area contributed by atoms with Crippen molar-refractivity contribution < 1.29 is 9.32 Å². The van der Waals surface area contributed by atoms with Crippen molar-refractivity contribution in [3.8, 4) is 0 Å². The van der Waals surface area contributed by atoms with E-state index in [0.29, 0.717) is 18.3 Å². The molecular weight excluding hydrogens is 206 g/mol. The van der Waals surface area contributed by atoms with Gasteiger partial charge in [0.15, 0.2) is 5.82 Å². The molecule has 1 aromatic rings. The third kappa shape index (κ3) is 2.40. The molecule has 1 aliphatic carbocycles. The highest BCUT2D eigenvalue weighted by Gasteiger charge is 2.25. The first kappa shape index (κ1) is 11.1. The molecule has 5 heteroatoms. The smallest absolute Gasteiger partial charge is 0.225 e. The second kappa shape index (κ2) is 4.63. The number of nitrogens with zero attached hydrogens (tertiary/aromatic N) is 3. The maximum Gasteiger partial charge on any atom is 0.225 e. The molecule has 0 atom stereocenters. The third-order valence-corrected chi connectivity index (χ3v) is 3.03. The summed E-state index contributed by atoms with van der Waals surface area (Å²) in [5.74, 6) is 1.53. The molecule has 88 valence electrons. The fourth-order valence-corrected chi connectivity index (χ4v) is 2.18. The van der Waals surface area contributed by atoms with Gasteiger partial charge in [-0.1, -0.05) is 18.0 Å². The minimum atomic E-state index is 0.206. The molecule has 1 aromatic heterocycles. The standard InChI is InChI=1S/C11H17N3O2/c1-8-12-10(13-16-8)7-14(2)11(15)9-5-3-4-6-9/h9H,3-7H2,1-2H3. The molecule has 0 radical (unpaired) electrons. The van der Waals surface area contributed by atoms with Crippen LogP contribution in [-0.4, -0.2) is 28.0 Å². The SMILES string of the molecule is Cc1nc(CN(C)C(=O)C2CCCC2)no1. The first-order valence-electron chi connectivity index (χ1n) is 5.71. The third-order valence-electron chi connectivity index (χ3n) is 3.03. The Morgan fingerprint density at radius 2 is 2.19 bits per heavy atom. The van der Waals surface area contributed by atoms with Gasteiger partial charge < -0.3 is 9.42 Å². The van der Waals surface area contributed by atoms with E-state index in [1.54, 1.807) is 18.9 Å². The van der Waals surface area contributed by atoms with E-state index in [-0.39, 0.29) is 11.8 Å². The van der Waals surface area contributed by atoms with Crippen LogP contribution in [0, 0.1) is 12.8 Å². The molecular formula is C11H17N3O2. The summed E-state index contributed by atoms with van der Waals surface area (Å²) in [5, 5.41) is 3.78. The molecule has 5 nitrogen and oxygen atoms in total. The number of aromatic nitrogens is 2. The predicted molar refractivity (Wildman–Crippen MR) is 57.5 cm³/mol. The van der Waals surface area contributed by atoms with Crippen LogP contribution < -0.4 is 0 Å². The first-order chi connectivity index (χ1) is 7.66. The fraction of sp³-hybridized carbons (Fsp3) is 0.727. The van der Waals surface area contributed by atoms with Gasteiger partial charge in [0.05, 0.1) is 6.54 Å². The zero-order chi connectivity index (χ0) is 11.5. The van der Waals surface area contributed by atoms with Crippen molar-refractivity contribution in [3.05, 3.63) is 11.7 Å². The Morgan fingerprint density at radius 1 is 1.50 bits per heavy atom. The molecule has 0 N–H and O–H groups in total. The van der Waals surface area contributed by atoms with Crippen molar-refractivity contribution in [1.29, 1.82) is 0 Å². The molecule has 1 heterocycles. The van der Waals surface area contributed by atoms with Gasteiger partial charge in [0.25, 0.3) is 0 Å². The highest BCUT2D eigenvalue weighted by Crippen LogP contribution is 2.26. The van der Waals surface area contributed by atoms with E-state index >= 15 is 0 Å². The van der Waals surface area contributed by atoms with Crippen LogP contribution in [0.5, 0.6) is 0 Å². The molecule has 1 saturated carbocycles. The number of carbonyl (C=O) groups is 1. The van der Waals surface area contributed by atoms with Crippen molar-refractivity contribution in [1.82, 2.24) is 15.0 Å². The molecule has 0 saturated heterocycles. The monoisotopic (exact) mass is 223 g/mol. The van der Waals surface area contributed by atoms with Gasteiger partial charge in [-0.05, 0) is 12.8 Å². The van der Waals surface area contributed by atoms with E-state index in [9.17, 15) is 4.79 Å². The minimum absolute atomic E-state index is 0.206. The van der Waals surface area contributed by atoms with Crippen LogP contribution in [-0.2, 0) is 11.3 Å². The van der Waals surface area contributed by atoms with Crippen LogP contribution >= 0.6 is 0 Å². The van der Waals surface area contributed by atoms with Gasteiger partial charge in [0, 0.05) is 19.9 Å². The summed E-state index contributed by atoms with van der Waals surface area (Å²) in [5.41, 5.74) is 0. The molecule has 0 aliphatic heterocycles. The lowest BCUT2D eigenvalue weighted by atomic mass is 10.1. The quantitative estimate of drug-likeness (QED) is 0.779. The lowest BCUT2D eigenvalue weighted by Gasteiger charge is -2.19. The predicted octanol–water partition coefficient (Wildman–Crippen LogP) is 1.53. The molecule has 0 unspecified atom stereocenters. The van der Waals surface area contributed by atoms with E-state index in [2.05, 4.69) is 10.1 Å². The van der Waals surface area contributed by atoms with Gasteiger partial charge in [-0.2, -0.15) is 4.98 Å². The molecule has 1 aliphatic rings. The van der Waals surface area contributed by atoms with E-state index in [1.807, 2.05) is 0 Å². The minimum Gasteiger partial charge on any atom is -0.340 e. The maximum absolute atomic E-state index is 12.0. The summed E-state index contributed by atoms with van der Waals surface area (Å²) in [6, 6.07) is 0. The number of carbonyl (C=O) groups excluding carboxylic acids is 1. The Bertz CT molecular complexity index is 369. The Morgan fingerprint density at radius 3 is 2.75 bits per heavy atom. The highest BCUT2D eigenvalue weighted by atomic mass is 16.5. The summed E-state index contributed by atoms with van der Waals surface area (Å²) in [6.45, 7) is 2.18. The molecule has 1 amide bonds. The van der Waals surface area contributed by atoms with Gasteiger partial charge in [-0.15, -0.1) is 0 Å². The maximum atomic E-state index is 12.0. The van der Waals surface area contributed by atoms with Crippen LogP contribution in [0.15, 0.2) is 4.52 Å². The molecule has 0 aromatic carbocycles. The number of hydrogen-bond acceptors (Lipinski definition) is 4. The first-order valence-corrected chi connectivity index (χ1v) is 5.71. The summed E-state index contributed by atoms with van der Waals surface area (Å²) in [6.07, 6.45) is 4.39. The number of rotatable bonds is 3. The molecule has 16 heavy (non-hydrogen) atoms. The van der Waals surface area contributed by atoms with Crippen LogP contribution in [0.2, 0.25) is 0 Å². The molecule has 1 fully saturated rings. The van der Waals surface area contributed by atoms with Crippen LogP contribution in [0.1, 0.15) is 37.4 Å². The van der Waals surface area contributed by atoms with Crippen LogP contribution in [0.3, 0.4) is 0 Å². The Hall–Kier alpha value is -1.39. The van der Waals surface area contributed by atoms with E-state index < -0.39 is 0 Å². The second-order valence-corrected chi connectivity index (χ2v) is 4.41. The Labute approximate surface area is 94.8 Å². The van der Waals surface area contributed by atoms with E-state index in [0.717, 1.165) is 12.8 Å². The van der Waals surface area contributed by atoms with Gasteiger partial charge in [0.1, 0.15) is 0 Å². The van der Waals surface area contributed by atoms with Crippen LogP contribution in [0.4, 0.5) is 0 Å². The normalized spacial score (nSPS) is 16.6. The number of hydrogen-bond donors (Lipinski definition) is 0. The van der Waals surface area contributed by atoms with Crippen molar-refractivity contribution in [2.75, 3.05) is 7.05 Å². The van der Waals surface area contributed by atoms with Gasteiger partial charge in [-0.25, -0.2) is 0 Å². The van der Waals surface area contributed by atoms with Gasteiger partial charge in [-0.3, -0.25) is 4.79 Å².